The summed E-state index contributed by atoms with van der Waals surface area (Å²) < 4.78 is 3.91. The molecule has 1 aromatic carbocycles. The van der Waals surface area contributed by atoms with Crippen molar-refractivity contribution in [2.45, 2.75) is 19.6 Å². The van der Waals surface area contributed by atoms with Gasteiger partial charge in [-0.25, -0.2) is 0 Å². The molecule has 146 valence electrons. The Balaban J connectivity index is 1.56. The second kappa shape index (κ2) is 6.99. The molecule has 29 heavy (non-hydrogen) atoms. The number of hydrogen-bond donors (Lipinski definition) is 2. The van der Waals surface area contributed by atoms with Crippen molar-refractivity contribution in [2.24, 2.45) is 7.05 Å². The third-order valence-electron chi connectivity index (χ3n) is 5.76. The van der Waals surface area contributed by atoms with E-state index in [-0.39, 0.29) is 12.2 Å². The Hall–Kier alpha value is -3.22. The van der Waals surface area contributed by atoms with E-state index in [9.17, 15) is 4.79 Å². The maximum atomic E-state index is 12.8. The molecule has 0 bridgehead atoms. The van der Waals surface area contributed by atoms with Crippen LogP contribution in [-0.4, -0.2) is 25.8 Å². The highest BCUT2D eigenvalue weighted by atomic mass is 16.3. The van der Waals surface area contributed by atoms with Gasteiger partial charge in [-0.05, 0) is 35.4 Å². The van der Waals surface area contributed by atoms with Crippen molar-refractivity contribution >= 4 is 10.9 Å². The highest BCUT2D eigenvalue weighted by molar-refractivity contribution is 5.87. The summed E-state index contributed by atoms with van der Waals surface area (Å²) in [6, 6.07) is 13.3. The molecule has 0 fully saturated rings. The maximum Gasteiger partial charge on any atom is 0.255 e. The zero-order chi connectivity index (χ0) is 20.0. The summed E-state index contributed by atoms with van der Waals surface area (Å²) in [6.45, 7) is 1.84. The molecule has 3 aromatic heterocycles. The van der Waals surface area contributed by atoms with Crippen molar-refractivity contribution in [2.75, 3.05) is 6.54 Å². The normalized spacial score (nSPS) is 13.6. The first-order valence-electron chi connectivity index (χ1n) is 9.76. The SMILES string of the molecule is Cn1c2c(c3ccc(-n4ccc(-c5ccc(CO)cn5)cc4=O)cc31)CNCC2. The molecule has 5 rings (SSSR count). The molecule has 0 saturated heterocycles. The molecule has 0 amide bonds. The number of aryl methyl sites for hydroxylation is 1. The first kappa shape index (κ1) is 17.8. The third-order valence-corrected chi connectivity index (χ3v) is 5.76. The maximum absolute atomic E-state index is 12.8. The molecule has 0 unspecified atom stereocenters. The van der Waals surface area contributed by atoms with Crippen molar-refractivity contribution in [1.82, 2.24) is 19.4 Å². The number of rotatable bonds is 3. The van der Waals surface area contributed by atoms with Gasteiger partial charge in [0.05, 0.1) is 23.5 Å². The monoisotopic (exact) mass is 386 g/mol. The predicted octanol–water partition coefficient (Wildman–Crippen LogP) is 2.53. The minimum Gasteiger partial charge on any atom is -0.392 e. The quantitative estimate of drug-likeness (QED) is 0.568. The number of nitrogens with one attached hydrogen (secondary N) is 1. The molecule has 4 aromatic rings. The van der Waals surface area contributed by atoms with Crippen molar-refractivity contribution in [3.8, 4) is 16.9 Å². The summed E-state index contributed by atoms with van der Waals surface area (Å²) >= 11 is 0. The smallest absolute Gasteiger partial charge is 0.255 e. The van der Waals surface area contributed by atoms with Crippen molar-refractivity contribution in [1.29, 1.82) is 0 Å². The van der Waals surface area contributed by atoms with Gasteiger partial charge in [0, 0.05) is 61.7 Å². The summed E-state index contributed by atoms with van der Waals surface area (Å²) in [7, 11) is 2.10. The fraction of sp³-hybridized carbons (Fsp3) is 0.217. The molecule has 6 nitrogen and oxygen atoms in total. The van der Waals surface area contributed by atoms with Gasteiger partial charge in [-0.15, -0.1) is 0 Å². The lowest BCUT2D eigenvalue weighted by Crippen LogP contribution is -2.24. The lowest BCUT2D eigenvalue weighted by molar-refractivity contribution is 0.281. The Labute approximate surface area is 168 Å². The standard InChI is InChI=1S/C23H22N4O2/c1-26-21-6-8-24-13-19(21)18-4-3-17(11-22(18)26)27-9-7-16(10-23(27)29)20-5-2-15(14-28)12-25-20/h2-5,7,9-12,24,28H,6,8,13-14H2,1H3. The van der Waals surface area contributed by atoms with Crippen LogP contribution in [0.3, 0.4) is 0 Å². The number of aliphatic hydroxyl groups is 1. The number of nitrogens with zero attached hydrogens (tertiary/aromatic N) is 3. The molecular weight excluding hydrogens is 364 g/mol. The topological polar surface area (TPSA) is 72.1 Å². The predicted molar refractivity (Wildman–Crippen MR) is 113 cm³/mol. The van der Waals surface area contributed by atoms with E-state index in [1.165, 1.54) is 16.6 Å². The van der Waals surface area contributed by atoms with Gasteiger partial charge >= 0.3 is 0 Å². The molecular formula is C23H22N4O2. The van der Waals surface area contributed by atoms with E-state index in [0.717, 1.165) is 41.8 Å². The second-order valence-corrected chi connectivity index (χ2v) is 7.45. The zero-order valence-corrected chi connectivity index (χ0v) is 16.2. The zero-order valence-electron chi connectivity index (χ0n) is 16.2. The average molecular weight is 386 g/mol. The van der Waals surface area contributed by atoms with E-state index >= 15 is 0 Å². The molecule has 0 atom stereocenters. The van der Waals surface area contributed by atoms with Crippen molar-refractivity contribution in [3.63, 3.8) is 0 Å². The van der Waals surface area contributed by atoms with Crippen LogP contribution in [0, 0.1) is 0 Å². The number of pyridine rings is 2. The van der Waals surface area contributed by atoms with E-state index in [1.54, 1.807) is 23.0 Å². The molecule has 2 N–H and O–H groups in total. The largest absolute Gasteiger partial charge is 0.392 e. The van der Waals surface area contributed by atoms with E-state index < -0.39 is 0 Å². The van der Waals surface area contributed by atoms with Gasteiger partial charge in [0.1, 0.15) is 0 Å². The molecule has 0 aliphatic carbocycles. The van der Waals surface area contributed by atoms with E-state index in [1.807, 2.05) is 24.3 Å². The van der Waals surface area contributed by atoms with Crippen molar-refractivity contribution < 1.29 is 5.11 Å². The fourth-order valence-corrected chi connectivity index (χ4v) is 4.18. The molecule has 1 aliphatic rings. The van der Waals surface area contributed by atoms with Crippen LogP contribution in [0.15, 0.2) is 59.7 Å². The Morgan fingerprint density at radius 3 is 2.83 bits per heavy atom. The third kappa shape index (κ3) is 2.97. The van der Waals surface area contributed by atoms with E-state index in [4.69, 9.17) is 5.11 Å². The van der Waals surface area contributed by atoms with Gasteiger partial charge < -0.3 is 15.0 Å². The molecule has 0 saturated carbocycles. The van der Waals surface area contributed by atoms with Crippen LogP contribution >= 0.6 is 0 Å². The highest BCUT2D eigenvalue weighted by Crippen LogP contribution is 2.29. The van der Waals surface area contributed by atoms with Crippen LogP contribution in [-0.2, 0) is 26.6 Å². The summed E-state index contributed by atoms with van der Waals surface area (Å²) in [5, 5.41) is 13.8. The Bertz CT molecular complexity index is 1270. The van der Waals surface area contributed by atoms with Gasteiger partial charge in [0.15, 0.2) is 0 Å². The molecule has 6 heteroatoms. The summed E-state index contributed by atoms with van der Waals surface area (Å²) in [4.78, 5) is 17.2. The lowest BCUT2D eigenvalue weighted by atomic mass is 10.1. The minimum atomic E-state index is -0.101. The first-order valence-corrected chi connectivity index (χ1v) is 9.76. The molecule has 0 radical (unpaired) electrons. The van der Waals surface area contributed by atoms with Gasteiger partial charge in [-0.3, -0.25) is 14.3 Å². The highest BCUT2D eigenvalue weighted by Gasteiger charge is 2.18. The van der Waals surface area contributed by atoms with E-state index in [0.29, 0.717) is 5.69 Å². The van der Waals surface area contributed by atoms with Crippen LogP contribution < -0.4 is 10.9 Å². The van der Waals surface area contributed by atoms with Crippen LogP contribution in [0.25, 0.3) is 27.8 Å². The number of aliphatic hydroxyl groups excluding tert-OH is 1. The Kier molecular flexibility index (Phi) is 4.30. The summed E-state index contributed by atoms with van der Waals surface area (Å²) in [6.07, 6.45) is 4.44. The van der Waals surface area contributed by atoms with Gasteiger partial charge in [-0.1, -0.05) is 12.1 Å². The van der Waals surface area contributed by atoms with Gasteiger partial charge in [0.2, 0.25) is 0 Å². The summed E-state index contributed by atoms with van der Waals surface area (Å²) in [5.74, 6) is 0. The number of fused-ring (bicyclic) bond motifs is 3. The van der Waals surface area contributed by atoms with Gasteiger partial charge in [0.25, 0.3) is 5.56 Å². The second-order valence-electron chi connectivity index (χ2n) is 7.45. The van der Waals surface area contributed by atoms with Crippen LogP contribution in [0.2, 0.25) is 0 Å². The fourth-order valence-electron chi connectivity index (χ4n) is 4.18. The van der Waals surface area contributed by atoms with Gasteiger partial charge in [-0.2, -0.15) is 0 Å². The van der Waals surface area contributed by atoms with Crippen molar-refractivity contribution in [3.05, 3.63) is 82.0 Å². The van der Waals surface area contributed by atoms with E-state index in [2.05, 4.69) is 34.0 Å². The number of benzene rings is 1. The average Bonchev–Trinajstić information content (AvgIpc) is 3.06. The lowest BCUT2D eigenvalue weighted by Gasteiger charge is -2.14. The summed E-state index contributed by atoms with van der Waals surface area (Å²) in [5.41, 5.74) is 6.85. The van der Waals surface area contributed by atoms with Crippen LogP contribution in [0.1, 0.15) is 16.8 Å². The molecule has 0 spiro atoms. The number of hydrogen-bond acceptors (Lipinski definition) is 4. The minimum absolute atomic E-state index is 0.0456. The Morgan fingerprint density at radius 1 is 1.17 bits per heavy atom. The van der Waals surface area contributed by atoms with Crippen LogP contribution in [0.5, 0.6) is 0 Å². The van der Waals surface area contributed by atoms with Crippen LogP contribution in [0.4, 0.5) is 0 Å². The first-order chi connectivity index (χ1) is 14.2. The molecule has 1 aliphatic heterocycles. The molecule has 4 heterocycles. The number of aromatic nitrogens is 3. The Morgan fingerprint density at radius 2 is 2.07 bits per heavy atom.